The fraction of sp³-hybridized carbons (Fsp3) is 0.600. The summed E-state index contributed by atoms with van der Waals surface area (Å²) in [6.45, 7) is 6.19. The Kier molecular flexibility index (Phi) is 4.73. The van der Waals surface area contributed by atoms with Crippen molar-refractivity contribution in [2.75, 3.05) is 23.7 Å². The van der Waals surface area contributed by atoms with Crippen LogP contribution in [0, 0.1) is 0 Å². The number of hydrogen-bond acceptors (Lipinski definition) is 5. The maximum absolute atomic E-state index is 14.1. The molecule has 3 N–H and O–H groups in total. The summed E-state index contributed by atoms with van der Waals surface area (Å²) in [5.74, 6) is 0. The lowest BCUT2D eigenvalue weighted by Gasteiger charge is -2.37. The summed E-state index contributed by atoms with van der Waals surface area (Å²) < 4.78 is 19.3. The number of anilines is 2. The Bertz CT molecular complexity index is 533. The molecule has 2 atom stereocenters. The fourth-order valence-corrected chi connectivity index (χ4v) is 2.42. The lowest BCUT2D eigenvalue weighted by Crippen LogP contribution is -2.54. The second-order valence-corrected chi connectivity index (χ2v) is 6.44. The minimum absolute atomic E-state index is 0.322. The van der Waals surface area contributed by atoms with Crippen molar-refractivity contribution in [3.05, 3.63) is 18.5 Å². The molecule has 1 amide bonds. The number of hydrogen-bond donors (Lipinski definition) is 2. The van der Waals surface area contributed by atoms with E-state index in [2.05, 4.69) is 10.3 Å². The molecule has 0 radical (unpaired) electrons. The fourth-order valence-electron chi connectivity index (χ4n) is 2.42. The summed E-state index contributed by atoms with van der Waals surface area (Å²) >= 11 is 0. The van der Waals surface area contributed by atoms with Crippen molar-refractivity contribution < 1.29 is 13.9 Å². The monoisotopic (exact) mass is 310 g/mol. The van der Waals surface area contributed by atoms with Gasteiger partial charge in [0.1, 0.15) is 11.8 Å². The van der Waals surface area contributed by atoms with Crippen LogP contribution in [0.1, 0.15) is 27.2 Å². The molecule has 1 aliphatic heterocycles. The normalized spacial score (nSPS) is 22.3. The van der Waals surface area contributed by atoms with Crippen molar-refractivity contribution in [1.82, 2.24) is 10.3 Å². The van der Waals surface area contributed by atoms with E-state index in [-0.39, 0.29) is 0 Å². The maximum atomic E-state index is 14.1. The van der Waals surface area contributed by atoms with E-state index in [1.807, 2.05) is 4.90 Å². The van der Waals surface area contributed by atoms with Crippen LogP contribution in [-0.4, -0.2) is 42.0 Å². The number of alkyl halides is 1. The molecule has 0 aliphatic carbocycles. The van der Waals surface area contributed by atoms with Gasteiger partial charge in [0.05, 0.1) is 23.6 Å². The van der Waals surface area contributed by atoms with Gasteiger partial charge < -0.3 is 20.7 Å². The lowest BCUT2D eigenvalue weighted by atomic mass is 10.0. The first-order valence-corrected chi connectivity index (χ1v) is 7.34. The van der Waals surface area contributed by atoms with Crippen molar-refractivity contribution in [3.8, 4) is 0 Å². The molecule has 1 unspecified atom stereocenters. The van der Waals surface area contributed by atoms with Crippen LogP contribution in [0.4, 0.5) is 20.6 Å². The summed E-state index contributed by atoms with van der Waals surface area (Å²) in [6.07, 6.45) is 1.82. The number of ether oxygens (including phenoxy) is 1. The first kappa shape index (κ1) is 16.3. The van der Waals surface area contributed by atoms with E-state index in [0.29, 0.717) is 25.2 Å². The van der Waals surface area contributed by atoms with Crippen LogP contribution in [0.3, 0.4) is 0 Å². The van der Waals surface area contributed by atoms with Gasteiger partial charge in [-0.15, -0.1) is 0 Å². The number of halogens is 1. The Morgan fingerprint density at radius 2 is 2.27 bits per heavy atom. The number of nitrogen functional groups attached to an aromatic ring is 1. The smallest absolute Gasteiger partial charge is 0.408 e. The standard InChI is InChI=1S/C15H23FN4O2/c1-15(2,3)22-14(21)19-12-9-20(7-5-10(12)16)13-4-6-18-8-11(13)17/h4,6,8,10,12H,5,7,9,17H2,1-3H3,(H,19,21)/t10-,12?/m0/s1. The third-order valence-corrected chi connectivity index (χ3v) is 3.40. The molecule has 0 bridgehead atoms. The number of rotatable bonds is 2. The zero-order chi connectivity index (χ0) is 16.3. The minimum atomic E-state index is -1.10. The number of carbonyl (C=O) groups is 1. The molecule has 1 saturated heterocycles. The Labute approximate surface area is 129 Å². The highest BCUT2D eigenvalue weighted by atomic mass is 19.1. The Morgan fingerprint density at radius 3 is 2.91 bits per heavy atom. The van der Waals surface area contributed by atoms with E-state index in [9.17, 15) is 9.18 Å². The third kappa shape index (κ3) is 4.22. The second kappa shape index (κ2) is 6.37. The number of pyridine rings is 1. The molecule has 1 aliphatic rings. The molecule has 22 heavy (non-hydrogen) atoms. The van der Waals surface area contributed by atoms with E-state index in [1.54, 1.807) is 39.2 Å². The zero-order valence-electron chi connectivity index (χ0n) is 13.2. The van der Waals surface area contributed by atoms with Crippen LogP contribution in [0.25, 0.3) is 0 Å². The van der Waals surface area contributed by atoms with E-state index >= 15 is 0 Å². The molecule has 2 rings (SSSR count). The van der Waals surface area contributed by atoms with Crippen LogP contribution >= 0.6 is 0 Å². The van der Waals surface area contributed by atoms with Gasteiger partial charge in [0.15, 0.2) is 0 Å². The van der Waals surface area contributed by atoms with Crippen molar-refractivity contribution >= 4 is 17.5 Å². The van der Waals surface area contributed by atoms with E-state index < -0.39 is 23.9 Å². The molecular formula is C15H23FN4O2. The number of nitrogens with one attached hydrogen (secondary N) is 1. The van der Waals surface area contributed by atoms with Gasteiger partial charge in [-0.05, 0) is 33.3 Å². The SMILES string of the molecule is CC(C)(C)OC(=O)NC1CN(c2ccncc2N)CC[C@@H]1F. The highest BCUT2D eigenvalue weighted by Gasteiger charge is 2.32. The number of carbonyl (C=O) groups excluding carboxylic acids is 1. The quantitative estimate of drug-likeness (QED) is 0.874. The van der Waals surface area contributed by atoms with Crippen molar-refractivity contribution in [3.63, 3.8) is 0 Å². The second-order valence-electron chi connectivity index (χ2n) is 6.44. The summed E-state index contributed by atoms with van der Waals surface area (Å²) in [5, 5.41) is 2.61. The molecule has 1 aromatic heterocycles. The molecule has 0 aromatic carbocycles. The van der Waals surface area contributed by atoms with Gasteiger partial charge >= 0.3 is 6.09 Å². The first-order chi connectivity index (χ1) is 10.3. The molecule has 122 valence electrons. The van der Waals surface area contributed by atoms with E-state index in [1.165, 1.54) is 0 Å². The number of alkyl carbamates (subject to hydrolysis) is 1. The average Bonchev–Trinajstić information content (AvgIpc) is 2.40. The van der Waals surface area contributed by atoms with Crippen LogP contribution in [0.15, 0.2) is 18.5 Å². The molecule has 0 saturated carbocycles. The van der Waals surface area contributed by atoms with Crippen molar-refractivity contribution in [1.29, 1.82) is 0 Å². The largest absolute Gasteiger partial charge is 0.444 e. The molecular weight excluding hydrogens is 287 g/mol. The topological polar surface area (TPSA) is 80.5 Å². The van der Waals surface area contributed by atoms with Crippen LogP contribution in [0.5, 0.6) is 0 Å². The minimum Gasteiger partial charge on any atom is -0.444 e. The van der Waals surface area contributed by atoms with Crippen LogP contribution < -0.4 is 16.0 Å². The molecule has 1 fully saturated rings. The number of nitrogens with two attached hydrogens (primary N) is 1. The zero-order valence-corrected chi connectivity index (χ0v) is 13.2. The van der Waals surface area contributed by atoms with Gasteiger partial charge in [0, 0.05) is 19.3 Å². The van der Waals surface area contributed by atoms with Crippen LogP contribution in [0.2, 0.25) is 0 Å². The van der Waals surface area contributed by atoms with Gasteiger partial charge in [-0.3, -0.25) is 4.98 Å². The summed E-state index contributed by atoms with van der Waals surface area (Å²) in [4.78, 5) is 17.7. The Balaban J connectivity index is 2.02. The van der Waals surface area contributed by atoms with Gasteiger partial charge in [-0.2, -0.15) is 0 Å². The summed E-state index contributed by atoms with van der Waals surface area (Å²) in [7, 11) is 0. The maximum Gasteiger partial charge on any atom is 0.408 e. The third-order valence-electron chi connectivity index (χ3n) is 3.40. The van der Waals surface area contributed by atoms with Gasteiger partial charge in [-0.25, -0.2) is 9.18 Å². The molecule has 7 heteroatoms. The van der Waals surface area contributed by atoms with Crippen molar-refractivity contribution in [2.24, 2.45) is 0 Å². The van der Waals surface area contributed by atoms with Crippen LogP contribution in [-0.2, 0) is 4.74 Å². The number of piperidine rings is 1. The summed E-state index contributed by atoms with van der Waals surface area (Å²) in [5.41, 5.74) is 6.64. The molecule has 2 heterocycles. The highest BCUT2D eigenvalue weighted by molar-refractivity contribution is 5.69. The van der Waals surface area contributed by atoms with E-state index in [0.717, 1.165) is 5.69 Å². The highest BCUT2D eigenvalue weighted by Crippen LogP contribution is 2.26. The Morgan fingerprint density at radius 1 is 1.55 bits per heavy atom. The van der Waals surface area contributed by atoms with Gasteiger partial charge in [0.25, 0.3) is 0 Å². The first-order valence-electron chi connectivity index (χ1n) is 7.34. The predicted octanol–water partition coefficient (Wildman–Crippen LogP) is 2.11. The molecule has 1 aromatic rings. The average molecular weight is 310 g/mol. The molecule has 6 nitrogen and oxygen atoms in total. The van der Waals surface area contributed by atoms with Gasteiger partial charge in [-0.1, -0.05) is 0 Å². The number of aromatic nitrogens is 1. The number of nitrogens with zero attached hydrogens (tertiary/aromatic N) is 2. The summed E-state index contributed by atoms with van der Waals surface area (Å²) in [6, 6.07) is 1.16. The molecule has 0 spiro atoms. The lowest BCUT2D eigenvalue weighted by molar-refractivity contribution is 0.0466. The van der Waals surface area contributed by atoms with Crippen molar-refractivity contribution in [2.45, 2.75) is 45.0 Å². The predicted molar refractivity (Wildman–Crippen MR) is 83.5 cm³/mol. The van der Waals surface area contributed by atoms with E-state index in [4.69, 9.17) is 10.5 Å². The Hall–Kier alpha value is -2.05. The van der Waals surface area contributed by atoms with Gasteiger partial charge in [0.2, 0.25) is 0 Å². The number of amides is 1.